The Morgan fingerprint density at radius 2 is 1.87 bits per heavy atom. The van der Waals surface area contributed by atoms with Gasteiger partial charge in [0, 0.05) is 36.0 Å². The van der Waals surface area contributed by atoms with Crippen LogP contribution in [0.2, 0.25) is 0 Å². The van der Waals surface area contributed by atoms with Crippen molar-refractivity contribution in [2.24, 2.45) is 5.92 Å². The van der Waals surface area contributed by atoms with Gasteiger partial charge in [0.15, 0.2) is 0 Å². The van der Waals surface area contributed by atoms with E-state index >= 15 is 0 Å². The van der Waals surface area contributed by atoms with E-state index in [1.807, 2.05) is 0 Å². The molecule has 3 aromatic rings. The number of aldehydes is 1. The second-order valence-corrected chi connectivity index (χ2v) is 7.66. The summed E-state index contributed by atoms with van der Waals surface area (Å²) in [4.78, 5) is 14.5. The summed E-state index contributed by atoms with van der Waals surface area (Å²) in [6.07, 6.45) is 0.853. The second kappa shape index (κ2) is 7.83. The monoisotopic (exact) mass is 422 g/mol. The number of carbonyl (C=O) groups excluding carboxylic acids is 1. The SMILES string of the molecule is O=CC(CNC1CCC1(F)F)Cc1c(-c2ccc(F)cc2)[nH]c2c(F)cc(F)cc12. The second-order valence-electron chi connectivity index (χ2n) is 7.66. The number of carbonyl (C=O) groups is 1. The maximum absolute atomic E-state index is 14.3. The lowest BCUT2D eigenvalue weighted by atomic mass is 9.87. The largest absolute Gasteiger partial charge is 0.352 e. The first kappa shape index (κ1) is 20.5. The smallest absolute Gasteiger partial charge is 0.263 e. The van der Waals surface area contributed by atoms with Crippen LogP contribution in [0.1, 0.15) is 18.4 Å². The van der Waals surface area contributed by atoms with Crippen LogP contribution in [-0.4, -0.2) is 29.8 Å². The quantitative estimate of drug-likeness (QED) is 0.416. The summed E-state index contributed by atoms with van der Waals surface area (Å²) in [5.41, 5.74) is 1.49. The highest BCUT2D eigenvalue weighted by Gasteiger charge is 2.48. The summed E-state index contributed by atoms with van der Waals surface area (Å²) in [6.45, 7) is 0.0110. The van der Waals surface area contributed by atoms with Crippen LogP contribution < -0.4 is 5.32 Å². The number of halogens is 5. The molecule has 0 aliphatic heterocycles. The van der Waals surface area contributed by atoms with Crippen LogP contribution in [0.3, 0.4) is 0 Å². The topological polar surface area (TPSA) is 44.9 Å². The Morgan fingerprint density at radius 1 is 1.13 bits per heavy atom. The third-order valence-electron chi connectivity index (χ3n) is 5.63. The molecule has 158 valence electrons. The van der Waals surface area contributed by atoms with Crippen molar-refractivity contribution in [3.63, 3.8) is 0 Å². The fraction of sp³-hybridized carbons (Fsp3) is 0.318. The molecule has 1 saturated carbocycles. The van der Waals surface area contributed by atoms with E-state index in [1.54, 1.807) is 0 Å². The number of hydrogen-bond donors (Lipinski definition) is 2. The molecule has 0 amide bonds. The number of H-pyrrole nitrogens is 1. The predicted octanol–water partition coefficient (Wildman–Crippen LogP) is 5.00. The lowest BCUT2D eigenvalue weighted by Crippen LogP contribution is -2.54. The van der Waals surface area contributed by atoms with Gasteiger partial charge in [0.25, 0.3) is 5.92 Å². The normalized spacial score (nSPS) is 18.9. The lowest BCUT2D eigenvalue weighted by molar-refractivity contribution is -0.115. The van der Waals surface area contributed by atoms with E-state index < -0.39 is 35.3 Å². The van der Waals surface area contributed by atoms with Crippen molar-refractivity contribution in [2.45, 2.75) is 31.2 Å². The zero-order valence-corrected chi connectivity index (χ0v) is 15.8. The molecule has 0 spiro atoms. The van der Waals surface area contributed by atoms with Gasteiger partial charge >= 0.3 is 0 Å². The Labute approximate surface area is 169 Å². The Kier molecular flexibility index (Phi) is 5.36. The highest BCUT2D eigenvalue weighted by Crippen LogP contribution is 2.38. The molecule has 0 radical (unpaired) electrons. The Balaban J connectivity index is 1.69. The minimum Gasteiger partial charge on any atom is -0.352 e. The third kappa shape index (κ3) is 3.84. The zero-order valence-electron chi connectivity index (χ0n) is 15.8. The van der Waals surface area contributed by atoms with Gasteiger partial charge in [0.2, 0.25) is 0 Å². The highest BCUT2D eigenvalue weighted by molar-refractivity contribution is 5.91. The fourth-order valence-electron chi connectivity index (χ4n) is 3.83. The van der Waals surface area contributed by atoms with Gasteiger partial charge in [-0.1, -0.05) is 0 Å². The number of nitrogens with one attached hydrogen (secondary N) is 2. The van der Waals surface area contributed by atoms with E-state index in [-0.39, 0.29) is 30.3 Å². The van der Waals surface area contributed by atoms with Crippen molar-refractivity contribution in [3.05, 3.63) is 59.4 Å². The molecule has 3 nitrogen and oxygen atoms in total. The van der Waals surface area contributed by atoms with Crippen LogP contribution in [0.5, 0.6) is 0 Å². The van der Waals surface area contributed by atoms with Gasteiger partial charge in [-0.2, -0.15) is 0 Å². The summed E-state index contributed by atoms with van der Waals surface area (Å²) in [6, 6.07) is 6.37. The van der Waals surface area contributed by atoms with Gasteiger partial charge in [0.1, 0.15) is 23.7 Å². The van der Waals surface area contributed by atoms with Gasteiger partial charge in [-0.05, 0) is 54.3 Å². The molecule has 1 heterocycles. The van der Waals surface area contributed by atoms with Crippen LogP contribution in [0.25, 0.3) is 22.2 Å². The van der Waals surface area contributed by atoms with Crippen LogP contribution in [-0.2, 0) is 11.2 Å². The van der Waals surface area contributed by atoms with Crippen LogP contribution in [0, 0.1) is 23.4 Å². The first-order valence-electron chi connectivity index (χ1n) is 9.60. The molecule has 1 aromatic heterocycles. The Morgan fingerprint density at radius 3 is 2.47 bits per heavy atom. The summed E-state index contributed by atoms with van der Waals surface area (Å²) in [5.74, 6) is -5.51. The van der Waals surface area contributed by atoms with Gasteiger partial charge in [-0.25, -0.2) is 22.0 Å². The summed E-state index contributed by atoms with van der Waals surface area (Å²) in [7, 11) is 0. The molecule has 2 N–H and O–H groups in total. The van der Waals surface area contributed by atoms with Crippen LogP contribution in [0.4, 0.5) is 22.0 Å². The van der Waals surface area contributed by atoms with Gasteiger partial charge in [-0.3, -0.25) is 0 Å². The Hall–Kier alpha value is -2.74. The lowest BCUT2D eigenvalue weighted by Gasteiger charge is -2.37. The molecule has 2 aromatic carbocycles. The minimum atomic E-state index is -2.79. The number of aromatic nitrogens is 1. The average Bonchev–Trinajstić information content (AvgIpc) is 3.05. The maximum Gasteiger partial charge on any atom is 0.263 e. The van der Waals surface area contributed by atoms with E-state index in [1.165, 1.54) is 24.3 Å². The zero-order chi connectivity index (χ0) is 21.5. The van der Waals surface area contributed by atoms with Crippen molar-refractivity contribution in [3.8, 4) is 11.3 Å². The summed E-state index contributed by atoms with van der Waals surface area (Å²) >= 11 is 0. The molecule has 1 fully saturated rings. The summed E-state index contributed by atoms with van der Waals surface area (Å²) in [5, 5.41) is 2.98. The Bertz CT molecular complexity index is 1080. The van der Waals surface area contributed by atoms with Gasteiger partial charge < -0.3 is 15.1 Å². The van der Waals surface area contributed by atoms with Crippen molar-refractivity contribution >= 4 is 17.2 Å². The van der Waals surface area contributed by atoms with Crippen LogP contribution in [0.15, 0.2) is 36.4 Å². The van der Waals surface area contributed by atoms with Crippen molar-refractivity contribution < 1.29 is 26.7 Å². The number of benzene rings is 2. The molecule has 2 unspecified atom stereocenters. The van der Waals surface area contributed by atoms with E-state index in [2.05, 4.69) is 10.3 Å². The number of alkyl halides is 2. The van der Waals surface area contributed by atoms with E-state index in [9.17, 15) is 26.7 Å². The molecular weight excluding hydrogens is 403 g/mol. The average molecular weight is 422 g/mol. The standard InChI is InChI=1S/C22H19F5N2O/c23-14-3-1-13(2-4-14)20-16(17-8-15(24)9-18(25)21(17)29-20)7-12(11-30)10-28-19-5-6-22(19,26)27/h1-4,8-9,11-12,19,28-29H,5-7,10H2. The number of rotatable bonds is 7. The fourth-order valence-corrected chi connectivity index (χ4v) is 3.83. The molecule has 30 heavy (non-hydrogen) atoms. The van der Waals surface area contributed by atoms with Crippen molar-refractivity contribution in [1.29, 1.82) is 0 Å². The van der Waals surface area contributed by atoms with Crippen LogP contribution >= 0.6 is 0 Å². The maximum atomic E-state index is 14.3. The molecular formula is C22H19F5N2O. The predicted molar refractivity (Wildman–Crippen MR) is 103 cm³/mol. The number of aromatic amines is 1. The number of hydrogen-bond acceptors (Lipinski definition) is 2. The van der Waals surface area contributed by atoms with Crippen molar-refractivity contribution in [2.75, 3.05) is 6.54 Å². The third-order valence-corrected chi connectivity index (χ3v) is 5.63. The van der Waals surface area contributed by atoms with E-state index in [4.69, 9.17) is 0 Å². The van der Waals surface area contributed by atoms with E-state index in [0.29, 0.717) is 29.5 Å². The summed E-state index contributed by atoms with van der Waals surface area (Å²) < 4.78 is 68.5. The molecule has 1 aliphatic carbocycles. The first-order chi connectivity index (χ1) is 14.3. The molecule has 0 saturated heterocycles. The molecule has 0 bridgehead atoms. The van der Waals surface area contributed by atoms with Gasteiger partial charge in [-0.15, -0.1) is 0 Å². The molecule has 8 heteroatoms. The highest BCUT2D eigenvalue weighted by atomic mass is 19.3. The molecule has 4 rings (SSSR count). The minimum absolute atomic E-state index is 0.0110. The van der Waals surface area contributed by atoms with Gasteiger partial charge in [0.05, 0.1) is 11.6 Å². The first-order valence-corrected chi connectivity index (χ1v) is 9.60. The van der Waals surface area contributed by atoms with Crippen molar-refractivity contribution in [1.82, 2.24) is 10.3 Å². The molecule has 1 aliphatic rings. The van der Waals surface area contributed by atoms with E-state index in [0.717, 1.165) is 12.1 Å². The number of fused-ring (bicyclic) bond motifs is 1. The molecule has 2 atom stereocenters.